The number of unbranched alkanes of at least 4 members (excludes halogenated alkanes) is 1. The molecule has 0 saturated carbocycles. The number of carbonyl (C=O) groups is 2. The summed E-state index contributed by atoms with van der Waals surface area (Å²) < 4.78 is 14.3. The average Bonchev–Trinajstić information content (AvgIpc) is 2.55. The number of halogens is 2. The number of benzene rings is 1. The molecule has 1 unspecified atom stereocenters. The van der Waals surface area contributed by atoms with Gasteiger partial charge >= 0.3 is 10.9 Å². The number of methoxy groups -OCH3 is 1. The second kappa shape index (κ2) is 13.9. The van der Waals surface area contributed by atoms with Crippen LogP contribution in [0.25, 0.3) is 0 Å². The zero-order valence-corrected chi connectivity index (χ0v) is 15.7. The van der Waals surface area contributed by atoms with Gasteiger partial charge in [-0.3, -0.25) is 0 Å². The van der Waals surface area contributed by atoms with E-state index in [1.54, 1.807) is 24.3 Å². The highest BCUT2D eigenvalue weighted by molar-refractivity contribution is 6.61. The molecule has 136 valence electrons. The van der Waals surface area contributed by atoms with E-state index in [-0.39, 0.29) is 0 Å². The van der Waals surface area contributed by atoms with Crippen LogP contribution >= 0.6 is 23.2 Å². The Morgan fingerprint density at radius 1 is 1.08 bits per heavy atom. The number of ether oxygens (including phenoxy) is 3. The number of carbonyl (C=O) groups excluding carboxylic acids is 2. The second-order valence-electron chi connectivity index (χ2n) is 4.96. The van der Waals surface area contributed by atoms with Gasteiger partial charge in [-0.25, -0.2) is 9.59 Å². The minimum absolute atomic E-state index is 0.319. The van der Waals surface area contributed by atoms with Gasteiger partial charge in [0.2, 0.25) is 0 Å². The summed E-state index contributed by atoms with van der Waals surface area (Å²) in [4.78, 5) is 20.7. The molecule has 1 aromatic carbocycles. The topological polar surface area (TPSA) is 61.8 Å². The molecule has 24 heavy (non-hydrogen) atoms. The van der Waals surface area contributed by atoms with Crippen molar-refractivity contribution < 1.29 is 23.8 Å². The van der Waals surface area contributed by atoms with Crippen LogP contribution < -0.4 is 9.47 Å². The second-order valence-corrected chi connectivity index (χ2v) is 5.57. The van der Waals surface area contributed by atoms with Crippen molar-refractivity contribution in [2.24, 2.45) is 5.92 Å². The maximum Gasteiger partial charge on any atom is 0.409 e. The van der Waals surface area contributed by atoms with Gasteiger partial charge in [-0.05, 0) is 24.5 Å². The van der Waals surface area contributed by atoms with Crippen LogP contribution in [0.5, 0.6) is 11.5 Å². The van der Waals surface area contributed by atoms with E-state index in [9.17, 15) is 9.59 Å². The van der Waals surface area contributed by atoms with E-state index in [1.165, 1.54) is 20.0 Å². The van der Waals surface area contributed by atoms with Crippen molar-refractivity contribution in [1.82, 2.24) is 0 Å². The predicted molar refractivity (Wildman–Crippen MR) is 95.4 cm³/mol. The van der Waals surface area contributed by atoms with E-state index < -0.39 is 10.9 Å². The summed E-state index contributed by atoms with van der Waals surface area (Å²) in [6.07, 6.45) is 4.55. The molecule has 1 rings (SSSR count). The van der Waals surface area contributed by atoms with E-state index >= 15 is 0 Å². The summed E-state index contributed by atoms with van der Waals surface area (Å²) in [7, 11) is 1.49. The zero-order valence-electron chi connectivity index (χ0n) is 14.2. The third-order valence-electron chi connectivity index (χ3n) is 3.24. The fraction of sp³-hybridized carbons (Fsp3) is 0.529. The van der Waals surface area contributed by atoms with Crippen LogP contribution in [0, 0.1) is 5.92 Å². The molecular formula is C17H24Cl2O5. The first-order valence-electron chi connectivity index (χ1n) is 7.77. The summed E-state index contributed by atoms with van der Waals surface area (Å²) in [5.74, 6) is 1.28. The van der Waals surface area contributed by atoms with Crippen LogP contribution in [-0.2, 0) is 4.74 Å². The lowest BCUT2D eigenvalue weighted by atomic mass is 10.0. The van der Waals surface area contributed by atoms with Crippen LogP contribution in [0.2, 0.25) is 0 Å². The number of hydrogen-bond acceptors (Lipinski definition) is 5. The lowest BCUT2D eigenvalue weighted by Gasteiger charge is -2.12. The summed E-state index contributed by atoms with van der Waals surface area (Å²) in [6.45, 7) is 4.72. The van der Waals surface area contributed by atoms with E-state index in [0.29, 0.717) is 24.0 Å². The molecule has 0 aliphatic carbocycles. The van der Waals surface area contributed by atoms with Crippen LogP contribution in [0.4, 0.5) is 9.59 Å². The van der Waals surface area contributed by atoms with Crippen LogP contribution in [-0.4, -0.2) is 24.6 Å². The smallest absolute Gasteiger partial charge is 0.409 e. The third-order valence-corrected chi connectivity index (χ3v) is 3.42. The molecule has 7 heteroatoms. The summed E-state index contributed by atoms with van der Waals surface area (Å²) in [5, 5.41) is 0. The van der Waals surface area contributed by atoms with Crippen molar-refractivity contribution in [2.45, 2.75) is 39.5 Å². The molecule has 5 nitrogen and oxygen atoms in total. The predicted octanol–water partition coefficient (Wildman–Crippen LogP) is 6.01. The largest absolute Gasteiger partial charge is 0.493 e. The first-order valence-corrected chi connectivity index (χ1v) is 8.52. The Kier molecular flexibility index (Phi) is 13.1. The van der Waals surface area contributed by atoms with E-state index in [4.69, 9.17) is 32.7 Å². The Balaban J connectivity index is 0.000000441. The number of rotatable bonds is 8. The molecule has 0 N–H and O–H groups in total. The normalized spacial score (nSPS) is 10.9. The Bertz CT molecular complexity index is 494. The van der Waals surface area contributed by atoms with Gasteiger partial charge in [-0.1, -0.05) is 45.2 Å². The maximum atomic E-state index is 10.4. The summed E-state index contributed by atoms with van der Waals surface area (Å²) >= 11 is 10.1. The highest BCUT2D eigenvalue weighted by Gasteiger charge is 2.07. The molecule has 0 fully saturated rings. The average molecular weight is 379 g/mol. The molecule has 0 saturated heterocycles. The Morgan fingerprint density at radius 2 is 1.71 bits per heavy atom. The first kappa shape index (κ1) is 22.5. The number of para-hydroxylation sites is 2. The molecule has 0 spiro atoms. The molecule has 0 aliphatic heterocycles. The van der Waals surface area contributed by atoms with Gasteiger partial charge in [0.05, 0.1) is 13.7 Å². The van der Waals surface area contributed by atoms with E-state index in [1.807, 2.05) is 0 Å². The Labute approximate surface area is 153 Å². The lowest BCUT2D eigenvalue weighted by molar-refractivity contribution is 0.146. The first-order chi connectivity index (χ1) is 11.4. The van der Waals surface area contributed by atoms with Crippen molar-refractivity contribution in [3.63, 3.8) is 0 Å². The Morgan fingerprint density at radius 3 is 2.17 bits per heavy atom. The van der Waals surface area contributed by atoms with Crippen molar-refractivity contribution in [3.8, 4) is 11.5 Å². The molecule has 1 atom stereocenters. The van der Waals surface area contributed by atoms with E-state index in [2.05, 4.69) is 18.6 Å². The molecule has 0 aromatic heterocycles. The van der Waals surface area contributed by atoms with Gasteiger partial charge in [-0.15, -0.1) is 0 Å². The van der Waals surface area contributed by atoms with Gasteiger partial charge in [-0.2, -0.15) is 0 Å². The highest BCUT2D eigenvalue weighted by Crippen LogP contribution is 2.26. The number of hydrogen-bond donors (Lipinski definition) is 0. The van der Waals surface area contributed by atoms with Crippen molar-refractivity contribution in [2.75, 3.05) is 13.7 Å². The van der Waals surface area contributed by atoms with Crippen LogP contribution in [0.15, 0.2) is 24.3 Å². The molecule has 0 aliphatic rings. The SMILES string of the molecule is CCCCC(CC)COC(=O)Cl.COc1ccccc1OC(=O)Cl. The molecule has 0 heterocycles. The molecule has 0 radical (unpaired) electrons. The summed E-state index contributed by atoms with van der Waals surface area (Å²) in [5.41, 5.74) is -1.57. The van der Waals surface area contributed by atoms with Crippen molar-refractivity contribution in [3.05, 3.63) is 24.3 Å². The monoisotopic (exact) mass is 378 g/mol. The third kappa shape index (κ3) is 11.1. The molecular weight excluding hydrogens is 355 g/mol. The Hall–Kier alpha value is -1.46. The van der Waals surface area contributed by atoms with Gasteiger partial charge in [0, 0.05) is 23.2 Å². The van der Waals surface area contributed by atoms with Crippen LogP contribution in [0.3, 0.4) is 0 Å². The van der Waals surface area contributed by atoms with Crippen molar-refractivity contribution in [1.29, 1.82) is 0 Å². The van der Waals surface area contributed by atoms with Gasteiger partial charge < -0.3 is 14.2 Å². The zero-order chi connectivity index (χ0) is 18.4. The minimum Gasteiger partial charge on any atom is -0.493 e. The van der Waals surface area contributed by atoms with Gasteiger partial charge in [0.15, 0.2) is 11.5 Å². The quantitative estimate of drug-likeness (QED) is 0.518. The fourth-order valence-corrected chi connectivity index (χ4v) is 2.02. The molecule has 0 bridgehead atoms. The van der Waals surface area contributed by atoms with Crippen molar-refractivity contribution >= 4 is 34.1 Å². The standard InChI is InChI=1S/C9H17ClO2.C8H7ClO3/c1-3-5-6-8(4-2)7-12-9(10)11;1-11-6-4-2-3-5-7(6)12-8(9)10/h8H,3-7H2,1-2H3;2-5H,1H3. The minimum atomic E-state index is -0.875. The van der Waals surface area contributed by atoms with E-state index in [0.717, 1.165) is 12.8 Å². The molecule has 0 amide bonds. The highest BCUT2D eigenvalue weighted by atomic mass is 35.5. The molecule has 1 aromatic rings. The lowest BCUT2D eigenvalue weighted by Crippen LogP contribution is -2.09. The van der Waals surface area contributed by atoms with Crippen LogP contribution in [0.1, 0.15) is 39.5 Å². The van der Waals surface area contributed by atoms with Gasteiger partial charge in [0.25, 0.3) is 0 Å². The maximum absolute atomic E-state index is 10.4. The van der Waals surface area contributed by atoms with Gasteiger partial charge in [0.1, 0.15) is 0 Å². The summed E-state index contributed by atoms with van der Waals surface area (Å²) in [6, 6.07) is 6.76. The fourth-order valence-electron chi connectivity index (χ4n) is 1.87.